The number of alkyl halides is 3. The molecule has 1 heterocycles. The van der Waals surface area contributed by atoms with Crippen LogP contribution in [-0.2, 0) is 14.1 Å². The van der Waals surface area contributed by atoms with Gasteiger partial charge < -0.3 is 14.0 Å². The highest BCUT2D eigenvalue weighted by molar-refractivity contribution is 9.10. The fourth-order valence-corrected chi connectivity index (χ4v) is 3.33. The average Bonchev–Trinajstić information content (AvgIpc) is 2.71. The van der Waals surface area contributed by atoms with Gasteiger partial charge in [-0.2, -0.15) is 0 Å². The number of halogens is 4. The number of carbonyl (C=O) groups excluding carboxylic acids is 1. The van der Waals surface area contributed by atoms with E-state index in [0.717, 1.165) is 11.8 Å². The molecule has 1 fully saturated rings. The number of carbonyl (C=O) groups is 1. The fourth-order valence-electron chi connectivity index (χ4n) is 2.40. The zero-order chi connectivity index (χ0) is 21.3. The summed E-state index contributed by atoms with van der Waals surface area (Å²) >= 11 is 4.18. The van der Waals surface area contributed by atoms with Crippen molar-refractivity contribution in [3.63, 3.8) is 0 Å². The molecule has 28 heavy (non-hydrogen) atoms. The van der Waals surface area contributed by atoms with Gasteiger partial charge in [0.15, 0.2) is 5.12 Å². The average molecular weight is 481 g/mol. The summed E-state index contributed by atoms with van der Waals surface area (Å²) in [6, 6.07) is 4.34. The fraction of sp³-hybridized carbons (Fsp3) is 0.500. The monoisotopic (exact) mass is 480 g/mol. The van der Waals surface area contributed by atoms with Gasteiger partial charge in [-0.25, -0.2) is 0 Å². The van der Waals surface area contributed by atoms with E-state index in [1.165, 1.54) is 25.1 Å². The molecule has 0 saturated carbocycles. The molecule has 0 bridgehead atoms. The molecule has 0 radical (unpaired) electrons. The number of thioether (sulfide) groups is 1. The number of ether oxygens (including phenoxy) is 1. The summed E-state index contributed by atoms with van der Waals surface area (Å²) in [5.74, 6) is -0.142. The molecule has 1 aliphatic heterocycles. The number of hydrogen-bond donors (Lipinski definition) is 0. The molecule has 1 aliphatic rings. The summed E-state index contributed by atoms with van der Waals surface area (Å²) in [6.07, 6.45) is -3.31. The lowest BCUT2D eigenvalue weighted by Gasteiger charge is -2.32. The Kier molecular flexibility index (Phi) is 7.01. The molecule has 1 aromatic rings. The van der Waals surface area contributed by atoms with E-state index < -0.39 is 24.7 Å². The van der Waals surface area contributed by atoms with Gasteiger partial charge in [-0.1, -0.05) is 39.8 Å². The summed E-state index contributed by atoms with van der Waals surface area (Å²) in [5.41, 5.74) is -0.506. The van der Waals surface area contributed by atoms with Crippen LogP contribution in [0.25, 0.3) is 6.08 Å². The molecule has 0 spiro atoms. The van der Waals surface area contributed by atoms with E-state index >= 15 is 0 Å². The van der Waals surface area contributed by atoms with Crippen LogP contribution in [0, 0.1) is 0 Å². The van der Waals surface area contributed by atoms with Crippen LogP contribution in [0.15, 0.2) is 28.1 Å². The van der Waals surface area contributed by atoms with Crippen molar-refractivity contribution in [1.29, 1.82) is 0 Å². The van der Waals surface area contributed by atoms with Gasteiger partial charge in [-0.05, 0) is 45.3 Å². The van der Waals surface area contributed by atoms with Crippen molar-refractivity contribution < 1.29 is 32.0 Å². The topological polar surface area (TPSA) is 44.8 Å². The Morgan fingerprint density at radius 3 is 2.32 bits per heavy atom. The Balaban J connectivity index is 2.44. The van der Waals surface area contributed by atoms with E-state index in [-0.39, 0.29) is 22.2 Å². The number of benzene rings is 1. The lowest BCUT2D eigenvalue weighted by Crippen LogP contribution is -2.41. The van der Waals surface area contributed by atoms with Gasteiger partial charge in [0.2, 0.25) is 0 Å². The minimum absolute atomic E-state index is 0.120. The van der Waals surface area contributed by atoms with E-state index in [2.05, 4.69) is 20.7 Å². The van der Waals surface area contributed by atoms with Crippen LogP contribution in [0.5, 0.6) is 5.75 Å². The first kappa shape index (κ1) is 23.3. The van der Waals surface area contributed by atoms with Crippen molar-refractivity contribution in [1.82, 2.24) is 0 Å². The molecule has 0 aliphatic carbocycles. The largest absolute Gasteiger partial charge is 0.573 e. The molecule has 154 valence electrons. The van der Waals surface area contributed by atoms with Crippen LogP contribution in [-0.4, -0.2) is 35.6 Å². The summed E-state index contributed by atoms with van der Waals surface area (Å²) < 4.78 is 55.0. The molecule has 4 nitrogen and oxygen atoms in total. The minimum atomic E-state index is -4.83. The van der Waals surface area contributed by atoms with E-state index in [0.29, 0.717) is 9.95 Å². The van der Waals surface area contributed by atoms with E-state index in [9.17, 15) is 18.0 Å². The lowest BCUT2D eigenvalue weighted by molar-refractivity contribution is -0.274. The maximum Gasteiger partial charge on any atom is 0.573 e. The van der Waals surface area contributed by atoms with Gasteiger partial charge >= 0.3 is 13.5 Å². The molecule has 0 N–H and O–H groups in total. The van der Waals surface area contributed by atoms with Gasteiger partial charge in [0.25, 0.3) is 0 Å². The second-order valence-corrected chi connectivity index (χ2v) is 9.39. The molecule has 0 unspecified atom stereocenters. The van der Waals surface area contributed by atoms with Crippen molar-refractivity contribution in [2.24, 2.45) is 0 Å². The zero-order valence-electron chi connectivity index (χ0n) is 16.1. The molecular weight excluding hydrogens is 460 g/mol. The van der Waals surface area contributed by atoms with Crippen molar-refractivity contribution in [3.8, 4) is 5.75 Å². The molecule has 10 heteroatoms. The first-order valence-electron chi connectivity index (χ1n) is 8.45. The van der Waals surface area contributed by atoms with Crippen LogP contribution >= 0.6 is 27.7 Å². The van der Waals surface area contributed by atoms with Crippen LogP contribution in [0.1, 0.15) is 40.2 Å². The van der Waals surface area contributed by atoms with Crippen LogP contribution in [0.2, 0.25) is 0 Å². The normalized spacial score (nSPS) is 19.0. The smallest absolute Gasteiger partial charge is 0.405 e. The number of rotatable bonds is 5. The van der Waals surface area contributed by atoms with Crippen molar-refractivity contribution in [2.45, 2.75) is 52.2 Å². The number of hydrogen-bond acceptors (Lipinski definition) is 5. The SMILES string of the molecule is CC(=O)SCC(=Cc1ccc(Br)cc1OC(F)(F)F)B1OC(C)(C)C(C)(C)O1. The first-order chi connectivity index (χ1) is 12.7. The zero-order valence-corrected chi connectivity index (χ0v) is 18.5. The molecule has 2 rings (SSSR count). The van der Waals surface area contributed by atoms with E-state index in [1.54, 1.807) is 6.07 Å². The highest BCUT2D eigenvalue weighted by Gasteiger charge is 2.52. The third kappa shape index (κ3) is 6.01. The van der Waals surface area contributed by atoms with E-state index in [4.69, 9.17) is 9.31 Å². The van der Waals surface area contributed by atoms with Crippen LogP contribution in [0.3, 0.4) is 0 Å². The molecular formula is C18H21BBrF3O4S. The third-order valence-electron chi connectivity index (χ3n) is 4.54. The molecule has 0 amide bonds. The predicted molar refractivity (Wildman–Crippen MR) is 108 cm³/mol. The Morgan fingerprint density at radius 1 is 1.25 bits per heavy atom. The molecule has 1 saturated heterocycles. The first-order valence-corrected chi connectivity index (χ1v) is 10.2. The Hall–Kier alpha value is -0.965. The summed E-state index contributed by atoms with van der Waals surface area (Å²) in [7, 11) is -0.792. The molecule has 0 atom stereocenters. The predicted octanol–water partition coefficient (Wildman–Crippen LogP) is 5.64. The summed E-state index contributed by atoms with van der Waals surface area (Å²) in [4.78, 5) is 11.4. The van der Waals surface area contributed by atoms with Gasteiger partial charge in [-0.3, -0.25) is 4.79 Å². The maximum absolute atomic E-state index is 12.8. The highest BCUT2D eigenvalue weighted by atomic mass is 79.9. The van der Waals surface area contributed by atoms with Crippen LogP contribution in [0.4, 0.5) is 13.2 Å². The summed E-state index contributed by atoms with van der Waals surface area (Å²) in [6.45, 7) is 8.92. The highest BCUT2D eigenvalue weighted by Crippen LogP contribution is 2.40. The van der Waals surface area contributed by atoms with Gasteiger partial charge in [0, 0.05) is 22.7 Å². The maximum atomic E-state index is 12.8. The van der Waals surface area contributed by atoms with Gasteiger partial charge in [-0.15, -0.1) is 13.2 Å². The Morgan fingerprint density at radius 2 is 1.82 bits per heavy atom. The molecule has 0 aromatic heterocycles. The second-order valence-electron chi connectivity index (χ2n) is 7.32. The van der Waals surface area contributed by atoms with Crippen molar-refractivity contribution in [3.05, 3.63) is 33.7 Å². The van der Waals surface area contributed by atoms with E-state index in [1.807, 2.05) is 27.7 Å². The van der Waals surface area contributed by atoms with Crippen LogP contribution < -0.4 is 4.74 Å². The minimum Gasteiger partial charge on any atom is -0.405 e. The van der Waals surface area contributed by atoms with Crippen molar-refractivity contribution in [2.75, 3.05) is 5.75 Å². The van der Waals surface area contributed by atoms with Gasteiger partial charge in [0.1, 0.15) is 5.75 Å². The second kappa shape index (κ2) is 8.42. The lowest BCUT2D eigenvalue weighted by atomic mass is 9.78. The Bertz CT molecular complexity index is 765. The third-order valence-corrected chi connectivity index (χ3v) is 5.92. The molecule has 1 aromatic carbocycles. The quantitative estimate of drug-likeness (QED) is 0.510. The standard InChI is InChI=1S/C18H21BBrF3O4S/c1-11(24)28-10-13(19-26-16(2,3)17(4,5)27-19)8-12-6-7-14(20)9-15(12)25-18(21,22)23/h6-9H,10H2,1-5H3. The van der Waals surface area contributed by atoms with Gasteiger partial charge in [0.05, 0.1) is 11.2 Å². The Labute approximate surface area is 175 Å². The van der Waals surface area contributed by atoms with Crippen molar-refractivity contribution >= 4 is 46.0 Å². The summed E-state index contributed by atoms with van der Waals surface area (Å²) in [5, 5.41) is -0.120.